The summed E-state index contributed by atoms with van der Waals surface area (Å²) in [4.78, 5) is 22.2. The highest BCUT2D eigenvalue weighted by Gasteiger charge is 2.08. The molecule has 0 saturated heterocycles. The van der Waals surface area contributed by atoms with Crippen molar-refractivity contribution in [1.29, 1.82) is 0 Å². The SMILES string of the molecule is Cc1ccc(CCn2nc(C(=O)O)ccc2=O)o1. The lowest BCUT2D eigenvalue weighted by molar-refractivity contribution is 0.0687. The van der Waals surface area contributed by atoms with Crippen molar-refractivity contribution in [3.8, 4) is 0 Å². The van der Waals surface area contributed by atoms with Crippen LogP contribution in [0.1, 0.15) is 22.0 Å². The molecule has 0 aliphatic carbocycles. The van der Waals surface area contributed by atoms with Crippen molar-refractivity contribution < 1.29 is 14.3 Å². The molecule has 0 saturated carbocycles. The van der Waals surface area contributed by atoms with E-state index < -0.39 is 5.97 Å². The summed E-state index contributed by atoms with van der Waals surface area (Å²) in [5, 5.41) is 12.5. The molecular formula is C12H12N2O4. The molecule has 0 bridgehead atoms. The number of carboxylic acid groups (broad SMARTS) is 1. The topological polar surface area (TPSA) is 85.3 Å². The van der Waals surface area contributed by atoms with Crippen LogP contribution >= 0.6 is 0 Å². The van der Waals surface area contributed by atoms with Gasteiger partial charge in [-0.05, 0) is 25.1 Å². The Hall–Kier alpha value is -2.37. The number of aryl methyl sites for hydroxylation is 3. The molecule has 1 N–H and O–H groups in total. The summed E-state index contributed by atoms with van der Waals surface area (Å²) >= 11 is 0. The van der Waals surface area contributed by atoms with Crippen LogP contribution in [-0.4, -0.2) is 20.9 Å². The van der Waals surface area contributed by atoms with E-state index in [1.54, 1.807) is 0 Å². The predicted molar refractivity (Wildman–Crippen MR) is 62.6 cm³/mol. The average Bonchev–Trinajstić information content (AvgIpc) is 2.74. The third-order valence-electron chi connectivity index (χ3n) is 2.45. The minimum absolute atomic E-state index is 0.148. The zero-order valence-electron chi connectivity index (χ0n) is 9.79. The minimum atomic E-state index is -1.16. The number of carbonyl (C=O) groups is 1. The van der Waals surface area contributed by atoms with Crippen molar-refractivity contribution in [2.75, 3.05) is 0 Å². The zero-order valence-corrected chi connectivity index (χ0v) is 9.79. The van der Waals surface area contributed by atoms with Crippen LogP contribution in [0.5, 0.6) is 0 Å². The van der Waals surface area contributed by atoms with E-state index in [0.29, 0.717) is 6.42 Å². The maximum Gasteiger partial charge on any atom is 0.356 e. The molecule has 0 amide bonds. The maximum atomic E-state index is 11.5. The fraction of sp³-hybridized carbons (Fsp3) is 0.250. The summed E-state index contributed by atoms with van der Waals surface area (Å²) in [6.07, 6.45) is 0.490. The third kappa shape index (κ3) is 2.65. The van der Waals surface area contributed by atoms with Gasteiger partial charge in [0, 0.05) is 12.5 Å². The molecule has 0 spiro atoms. The third-order valence-corrected chi connectivity index (χ3v) is 2.45. The second-order valence-electron chi connectivity index (χ2n) is 3.85. The van der Waals surface area contributed by atoms with Crippen LogP contribution in [0.15, 0.2) is 33.5 Å². The van der Waals surface area contributed by atoms with Crippen LogP contribution < -0.4 is 5.56 Å². The van der Waals surface area contributed by atoms with E-state index in [1.165, 1.54) is 12.1 Å². The number of furan rings is 1. The number of carboxylic acids is 1. The lowest BCUT2D eigenvalue weighted by Crippen LogP contribution is -2.25. The van der Waals surface area contributed by atoms with Crippen LogP contribution in [0, 0.1) is 6.92 Å². The van der Waals surface area contributed by atoms with Crippen LogP contribution in [0.2, 0.25) is 0 Å². The molecule has 2 rings (SSSR count). The fourth-order valence-electron chi connectivity index (χ4n) is 1.56. The first-order chi connectivity index (χ1) is 8.56. The van der Waals surface area contributed by atoms with Gasteiger partial charge in [-0.2, -0.15) is 5.10 Å². The maximum absolute atomic E-state index is 11.5. The van der Waals surface area contributed by atoms with E-state index in [1.807, 2.05) is 19.1 Å². The zero-order chi connectivity index (χ0) is 13.1. The highest BCUT2D eigenvalue weighted by molar-refractivity contribution is 5.84. The van der Waals surface area contributed by atoms with Crippen LogP contribution in [0.25, 0.3) is 0 Å². The van der Waals surface area contributed by atoms with Crippen molar-refractivity contribution in [1.82, 2.24) is 9.78 Å². The lowest BCUT2D eigenvalue weighted by Gasteiger charge is -2.03. The first-order valence-corrected chi connectivity index (χ1v) is 5.43. The van der Waals surface area contributed by atoms with E-state index >= 15 is 0 Å². The summed E-state index contributed by atoms with van der Waals surface area (Å²) in [7, 11) is 0. The first-order valence-electron chi connectivity index (χ1n) is 5.43. The van der Waals surface area contributed by atoms with Gasteiger partial charge in [-0.3, -0.25) is 4.79 Å². The molecule has 94 valence electrons. The van der Waals surface area contributed by atoms with Crippen molar-refractivity contribution >= 4 is 5.97 Å². The van der Waals surface area contributed by atoms with Gasteiger partial charge in [-0.25, -0.2) is 9.48 Å². The second-order valence-corrected chi connectivity index (χ2v) is 3.85. The molecule has 0 fully saturated rings. The van der Waals surface area contributed by atoms with Crippen LogP contribution in [-0.2, 0) is 13.0 Å². The fourth-order valence-corrected chi connectivity index (χ4v) is 1.56. The molecule has 18 heavy (non-hydrogen) atoms. The molecule has 2 aromatic heterocycles. The van der Waals surface area contributed by atoms with Gasteiger partial charge in [0.05, 0.1) is 6.54 Å². The minimum Gasteiger partial charge on any atom is -0.476 e. The second kappa shape index (κ2) is 4.87. The summed E-state index contributed by atoms with van der Waals surface area (Å²) in [5.41, 5.74) is -0.478. The Morgan fingerprint density at radius 1 is 1.39 bits per heavy atom. The van der Waals surface area contributed by atoms with Gasteiger partial charge >= 0.3 is 5.97 Å². The number of hydrogen-bond donors (Lipinski definition) is 1. The van der Waals surface area contributed by atoms with Gasteiger partial charge in [-0.15, -0.1) is 0 Å². The number of rotatable bonds is 4. The molecule has 2 aromatic rings. The Balaban J connectivity index is 2.16. The molecule has 6 heteroatoms. The van der Waals surface area contributed by atoms with Crippen molar-refractivity contribution in [3.63, 3.8) is 0 Å². The van der Waals surface area contributed by atoms with Gasteiger partial charge in [0.25, 0.3) is 5.56 Å². The van der Waals surface area contributed by atoms with E-state index in [4.69, 9.17) is 9.52 Å². The van der Waals surface area contributed by atoms with Gasteiger partial charge in [0.15, 0.2) is 5.69 Å². The molecule has 0 atom stereocenters. The summed E-state index contributed by atoms with van der Waals surface area (Å²) < 4.78 is 6.49. The molecule has 0 radical (unpaired) electrons. The monoisotopic (exact) mass is 248 g/mol. The van der Waals surface area contributed by atoms with E-state index in [9.17, 15) is 9.59 Å². The Labute approximate surface area is 102 Å². The lowest BCUT2D eigenvalue weighted by atomic mass is 10.3. The predicted octanol–water partition coefficient (Wildman–Crippen LogP) is 1.09. The normalized spacial score (nSPS) is 10.5. The van der Waals surface area contributed by atoms with E-state index in [2.05, 4.69) is 5.10 Å². The van der Waals surface area contributed by atoms with Crippen molar-refractivity contribution in [2.45, 2.75) is 19.9 Å². The van der Waals surface area contributed by atoms with Crippen LogP contribution in [0.4, 0.5) is 0 Å². The summed E-state index contributed by atoms with van der Waals surface area (Å²) in [6.45, 7) is 2.12. The quantitative estimate of drug-likeness (QED) is 0.875. The Morgan fingerprint density at radius 3 is 2.78 bits per heavy atom. The molecule has 0 aromatic carbocycles. The molecule has 0 aliphatic rings. The summed E-state index contributed by atoms with van der Waals surface area (Å²) in [6, 6.07) is 6.04. The van der Waals surface area contributed by atoms with Crippen molar-refractivity contribution in [2.24, 2.45) is 0 Å². The Kier molecular flexibility index (Phi) is 3.27. The number of aromatic carboxylic acids is 1. The van der Waals surface area contributed by atoms with Gasteiger partial charge < -0.3 is 9.52 Å². The highest BCUT2D eigenvalue weighted by Crippen LogP contribution is 2.07. The number of nitrogens with zero attached hydrogens (tertiary/aromatic N) is 2. The first kappa shape index (κ1) is 12.1. The Morgan fingerprint density at radius 2 is 2.17 bits per heavy atom. The largest absolute Gasteiger partial charge is 0.476 e. The Bertz CT molecular complexity index is 627. The molecule has 0 aliphatic heterocycles. The molecule has 6 nitrogen and oxygen atoms in total. The van der Waals surface area contributed by atoms with Gasteiger partial charge in [0.2, 0.25) is 0 Å². The standard InChI is InChI=1S/C12H12N2O4/c1-8-2-3-9(18-8)6-7-14-11(15)5-4-10(13-14)12(16)17/h2-5H,6-7H2,1H3,(H,16,17). The number of aromatic nitrogens is 2. The van der Waals surface area contributed by atoms with Crippen LogP contribution in [0.3, 0.4) is 0 Å². The summed E-state index contributed by atoms with van der Waals surface area (Å²) in [5.74, 6) is 0.379. The number of hydrogen-bond acceptors (Lipinski definition) is 4. The van der Waals surface area contributed by atoms with E-state index in [0.717, 1.165) is 16.2 Å². The smallest absolute Gasteiger partial charge is 0.356 e. The van der Waals surface area contributed by atoms with E-state index in [-0.39, 0.29) is 17.8 Å². The molecule has 2 heterocycles. The highest BCUT2D eigenvalue weighted by atomic mass is 16.4. The van der Waals surface area contributed by atoms with Gasteiger partial charge in [0.1, 0.15) is 11.5 Å². The van der Waals surface area contributed by atoms with Gasteiger partial charge in [-0.1, -0.05) is 0 Å². The van der Waals surface area contributed by atoms with Crippen molar-refractivity contribution in [3.05, 3.63) is 51.8 Å². The molecule has 0 unspecified atom stereocenters. The average molecular weight is 248 g/mol. The molecular weight excluding hydrogens is 236 g/mol.